The number of hydrogen-bond donors (Lipinski definition) is 0. The molecular formula is C10H8NS. The standard InChI is InChI=1S/C10H8NS/c1-8-7-11-10(12-8)9-5-3-2-4-6-9/h2-5,7H,1H3. The van der Waals surface area contributed by atoms with E-state index in [-0.39, 0.29) is 0 Å². The molecule has 1 radical (unpaired) electrons. The van der Waals surface area contributed by atoms with Gasteiger partial charge in [-0.15, -0.1) is 11.3 Å². The van der Waals surface area contributed by atoms with Crippen molar-refractivity contribution in [2.24, 2.45) is 0 Å². The van der Waals surface area contributed by atoms with E-state index in [1.165, 1.54) is 4.88 Å². The zero-order valence-electron chi connectivity index (χ0n) is 6.74. The van der Waals surface area contributed by atoms with Gasteiger partial charge in [-0.2, -0.15) is 0 Å². The van der Waals surface area contributed by atoms with Crippen molar-refractivity contribution in [1.82, 2.24) is 4.98 Å². The lowest BCUT2D eigenvalue weighted by Gasteiger charge is -1.91. The highest BCUT2D eigenvalue weighted by Crippen LogP contribution is 2.23. The largest absolute Gasteiger partial charge is 0.244 e. The molecule has 0 unspecified atom stereocenters. The molecule has 0 saturated heterocycles. The van der Waals surface area contributed by atoms with Crippen molar-refractivity contribution in [2.75, 3.05) is 0 Å². The first kappa shape index (κ1) is 7.50. The molecule has 2 aromatic rings. The lowest BCUT2D eigenvalue weighted by Crippen LogP contribution is -1.72. The Morgan fingerprint density at radius 2 is 2.33 bits per heavy atom. The van der Waals surface area contributed by atoms with Crippen LogP contribution in [0.1, 0.15) is 4.88 Å². The van der Waals surface area contributed by atoms with Gasteiger partial charge < -0.3 is 0 Å². The molecule has 12 heavy (non-hydrogen) atoms. The number of rotatable bonds is 1. The fourth-order valence-corrected chi connectivity index (χ4v) is 1.76. The Morgan fingerprint density at radius 1 is 1.42 bits per heavy atom. The zero-order chi connectivity index (χ0) is 8.39. The number of aryl methyl sites for hydroxylation is 1. The highest BCUT2D eigenvalue weighted by atomic mass is 32.1. The van der Waals surface area contributed by atoms with Crippen LogP contribution in [0.3, 0.4) is 0 Å². The summed E-state index contributed by atoms with van der Waals surface area (Å²) in [6.45, 7) is 2.06. The maximum Gasteiger partial charge on any atom is 0.124 e. The Morgan fingerprint density at radius 3 is 2.92 bits per heavy atom. The number of nitrogens with zero attached hydrogens (tertiary/aromatic N) is 1. The summed E-state index contributed by atoms with van der Waals surface area (Å²) in [4.78, 5) is 5.51. The summed E-state index contributed by atoms with van der Waals surface area (Å²) in [7, 11) is 0. The van der Waals surface area contributed by atoms with Crippen LogP contribution in [-0.2, 0) is 0 Å². The third-order valence-electron chi connectivity index (χ3n) is 1.56. The van der Waals surface area contributed by atoms with Crippen molar-refractivity contribution < 1.29 is 0 Å². The monoisotopic (exact) mass is 174 g/mol. The summed E-state index contributed by atoms with van der Waals surface area (Å²) in [5.41, 5.74) is 1.08. The minimum atomic E-state index is 1.05. The van der Waals surface area contributed by atoms with Gasteiger partial charge in [-0.25, -0.2) is 4.98 Å². The average Bonchev–Trinajstić information content (AvgIpc) is 2.54. The van der Waals surface area contributed by atoms with Gasteiger partial charge in [-0.05, 0) is 13.0 Å². The number of hydrogen-bond acceptors (Lipinski definition) is 2. The summed E-state index contributed by atoms with van der Waals surface area (Å²) in [6.07, 6.45) is 1.89. The van der Waals surface area contributed by atoms with Gasteiger partial charge in [0.05, 0.1) is 0 Å². The molecule has 0 aliphatic rings. The Bertz CT molecular complexity index is 364. The van der Waals surface area contributed by atoms with E-state index in [9.17, 15) is 0 Å². The van der Waals surface area contributed by atoms with Gasteiger partial charge in [-0.3, -0.25) is 0 Å². The molecule has 59 valence electrons. The molecule has 1 heterocycles. The van der Waals surface area contributed by atoms with E-state index in [1.807, 2.05) is 30.5 Å². The lowest BCUT2D eigenvalue weighted by atomic mass is 10.2. The molecule has 0 atom stereocenters. The Labute approximate surface area is 75.7 Å². The Kier molecular flexibility index (Phi) is 1.92. The quantitative estimate of drug-likeness (QED) is 0.647. The molecule has 0 bridgehead atoms. The normalized spacial score (nSPS) is 10.1. The van der Waals surface area contributed by atoms with Gasteiger partial charge in [-0.1, -0.05) is 24.3 Å². The highest BCUT2D eigenvalue weighted by Gasteiger charge is 1.99. The maximum absolute atomic E-state index is 4.27. The molecule has 1 aromatic carbocycles. The Hall–Kier alpha value is -1.15. The molecule has 0 amide bonds. The summed E-state index contributed by atoms with van der Waals surface area (Å²) in [5.74, 6) is 0. The van der Waals surface area contributed by atoms with Gasteiger partial charge in [0.25, 0.3) is 0 Å². The minimum Gasteiger partial charge on any atom is -0.244 e. The van der Waals surface area contributed by atoms with Crippen LogP contribution in [0.5, 0.6) is 0 Å². The van der Waals surface area contributed by atoms with Crippen LogP contribution in [0.15, 0.2) is 30.5 Å². The smallest absolute Gasteiger partial charge is 0.124 e. The van der Waals surface area contributed by atoms with Crippen molar-refractivity contribution in [2.45, 2.75) is 6.92 Å². The molecule has 1 aromatic heterocycles. The van der Waals surface area contributed by atoms with E-state index in [2.05, 4.69) is 18.0 Å². The highest BCUT2D eigenvalue weighted by molar-refractivity contribution is 7.14. The molecule has 2 rings (SSSR count). The topological polar surface area (TPSA) is 12.9 Å². The van der Waals surface area contributed by atoms with E-state index in [1.54, 1.807) is 11.3 Å². The number of aromatic nitrogens is 1. The second-order valence-electron chi connectivity index (χ2n) is 2.55. The van der Waals surface area contributed by atoms with Crippen LogP contribution in [0.4, 0.5) is 0 Å². The van der Waals surface area contributed by atoms with E-state index in [0.717, 1.165) is 10.6 Å². The van der Waals surface area contributed by atoms with Crippen molar-refractivity contribution in [3.05, 3.63) is 41.4 Å². The van der Waals surface area contributed by atoms with Crippen molar-refractivity contribution in [1.29, 1.82) is 0 Å². The molecule has 0 fully saturated rings. The second kappa shape index (κ2) is 3.07. The fraction of sp³-hybridized carbons (Fsp3) is 0.100. The summed E-state index contributed by atoms with van der Waals surface area (Å²) in [6, 6.07) is 11.0. The van der Waals surface area contributed by atoms with E-state index in [0.29, 0.717) is 0 Å². The summed E-state index contributed by atoms with van der Waals surface area (Å²) in [5, 5.41) is 1.05. The Balaban J connectivity index is 2.45. The van der Waals surface area contributed by atoms with E-state index < -0.39 is 0 Å². The zero-order valence-corrected chi connectivity index (χ0v) is 7.56. The van der Waals surface area contributed by atoms with Crippen LogP contribution in [0, 0.1) is 13.0 Å². The lowest BCUT2D eigenvalue weighted by molar-refractivity contribution is 1.38. The molecule has 0 spiro atoms. The first-order chi connectivity index (χ1) is 5.86. The second-order valence-corrected chi connectivity index (χ2v) is 3.79. The average molecular weight is 174 g/mol. The maximum atomic E-state index is 4.27. The molecular weight excluding hydrogens is 166 g/mol. The van der Waals surface area contributed by atoms with Crippen LogP contribution >= 0.6 is 11.3 Å². The van der Waals surface area contributed by atoms with Gasteiger partial charge in [0.1, 0.15) is 5.01 Å². The van der Waals surface area contributed by atoms with Crippen LogP contribution < -0.4 is 0 Å². The van der Waals surface area contributed by atoms with Crippen LogP contribution in [-0.4, -0.2) is 4.98 Å². The predicted molar refractivity (Wildman–Crippen MR) is 51.1 cm³/mol. The third-order valence-corrected chi connectivity index (χ3v) is 2.51. The predicted octanol–water partition coefficient (Wildman–Crippen LogP) is 2.92. The molecule has 2 heteroatoms. The van der Waals surface area contributed by atoms with E-state index in [4.69, 9.17) is 0 Å². The van der Waals surface area contributed by atoms with Crippen molar-refractivity contribution in [3.8, 4) is 10.6 Å². The SMILES string of the molecule is Cc1cnc(-c2[c]cccc2)s1. The molecule has 0 aliphatic carbocycles. The molecule has 0 saturated carbocycles. The fourth-order valence-electron chi connectivity index (χ4n) is 1.01. The van der Waals surface area contributed by atoms with Crippen molar-refractivity contribution in [3.63, 3.8) is 0 Å². The number of thiazole rings is 1. The van der Waals surface area contributed by atoms with Gasteiger partial charge in [0.2, 0.25) is 0 Å². The summed E-state index contributed by atoms with van der Waals surface area (Å²) >= 11 is 1.70. The van der Waals surface area contributed by atoms with Gasteiger partial charge in [0.15, 0.2) is 0 Å². The van der Waals surface area contributed by atoms with Crippen LogP contribution in [0.2, 0.25) is 0 Å². The third kappa shape index (κ3) is 1.38. The first-order valence-corrected chi connectivity index (χ1v) is 4.57. The molecule has 0 aliphatic heterocycles. The molecule has 0 N–H and O–H groups in total. The number of benzene rings is 1. The summed E-state index contributed by atoms with van der Waals surface area (Å²) < 4.78 is 0. The first-order valence-electron chi connectivity index (χ1n) is 3.76. The van der Waals surface area contributed by atoms with Crippen molar-refractivity contribution >= 4 is 11.3 Å². The van der Waals surface area contributed by atoms with Gasteiger partial charge in [0, 0.05) is 16.6 Å². The van der Waals surface area contributed by atoms with Gasteiger partial charge >= 0.3 is 0 Å². The van der Waals surface area contributed by atoms with E-state index >= 15 is 0 Å². The minimum absolute atomic E-state index is 1.05. The molecule has 1 nitrogen and oxygen atoms in total. The van der Waals surface area contributed by atoms with Crippen LogP contribution in [0.25, 0.3) is 10.6 Å².